The van der Waals surface area contributed by atoms with Crippen LogP contribution in [0.25, 0.3) is 0 Å². The lowest BCUT2D eigenvalue weighted by molar-refractivity contribution is -0.133. The predicted molar refractivity (Wildman–Crippen MR) is 172 cm³/mol. The van der Waals surface area contributed by atoms with Gasteiger partial charge < -0.3 is 28.8 Å². The summed E-state index contributed by atoms with van der Waals surface area (Å²) < 4.78 is 24.0. The highest BCUT2D eigenvalue weighted by Gasteiger charge is 2.48. The molecule has 6 rings (SSSR count). The monoisotopic (exact) mass is 632 g/mol. The average molecular weight is 632 g/mol. The fraction of sp³-hybridized carbons (Fsp3) is 0.200. The normalized spacial score (nSPS) is 18.0. The zero-order chi connectivity index (χ0) is 33.5. The quantitative estimate of drug-likeness (QED) is 0.149. The van der Waals surface area contributed by atoms with Crippen LogP contribution in [0, 0.1) is 0 Å². The van der Waals surface area contributed by atoms with Crippen molar-refractivity contribution in [1.82, 2.24) is 0 Å². The fourth-order valence-electron chi connectivity index (χ4n) is 6.33. The van der Waals surface area contributed by atoms with E-state index in [0.717, 1.165) is 13.8 Å². The standard InChI is InChI=1S/C35H30B2O10/c1-20(38)44-33-26-18-35(3,47-37(43)23-14-8-5-9-15-23)19-27(46-36(42)22-12-6-4-7-13-22)28(26)34(45-21(2)39)30-29(33)31(40)24-16-10-11-17-25(24)32(30)41/h4-17,27,42-43H,18-19H2,1-3H3/t27-,35-/m0/s1. The maximum atomic E-state index is 14.1. The topological polar surface area (TPSA) is 146 Å². The molecule has 0 spiro atoms. The van der Waals surface area contributed by atoms with E-state index in [0.29, 0.717) is 10.9 Å². The number of benzene rings is 4. The lowest BCUT2D eigenvalue weighted by atomic mass is 9.70. The predicted octanol–water partition coefficient (Wildman–Crippen LogP) is 2.87. The summed E-state index contributed by atoms with van der Waals surface area (Å²) >= 11 is 0. The number of fused-ring (bicyclic) bond motifs is 3. The number of hydrogen-bond acceptors (Lipinski definition) is 10. The van der Waals surface area contributed by atoms with Gasteiger partial charge in [0.2, 0.25) is 0 Å². The first kappa shape index (κ1) is 32.1. The molecule has 2 N–H and O–H groups in total. The van der Waals surface area contributed by atoms with E-state index in [1.807, 2.05) is 0 Å². The Morgan fingerprint density at radius 3 is 1.72 bits per heavy atom. The summed E-state index contributed by atoms with van der Waals surface area (Å²) in [6.45, 7) is 4.02. The van der Waals surface area contributed by atoms with Crippen molar-refractivity contribution < 1.29 is 48.0 Å². The Morgan fingerprint density at radius 1 is 0.723 bits per heavy atom. The largest absolute Gasteiger partial charge is 0.491 e. The highest BCUT2D eigenvalue weighted by Crippen LogP contribution is 2.53. The third kappa shape index (κ3) is 6.16. The van der Waals surface area contributed by atoms with Crippen LogP contribution in [0.5, 0.6) is 11.5 Å². The van der Waals surface area contributed by atoms with E-state index >= 15 is 0 Å². The van der Waals surface area contributed by atoms with Gasteiger partial charge in [0.05, 0.1) is 22.8 Å². The van der Waals surface area contributed by atoms with Gasteiger partial charge >= 0.3 is 26.2 Å². The van der Waals surface area contributed by atoms with Crippen molar-refractivity contribution in [2.24, 2.45) is 0 Å². The Hall–Kier alpha value is -4.87. The lowest BCUT2D eigenvalue weighted by Gasteiger charge is -2.42. The van der Waals surface area contributed by atoms with Gasteiger partial charge in [-0.1, -0.05) is 84.9 Å². The summed E-state index contributed by atoms with van der Waals surface area (Å²) in [5.74, 6) is -3.22. The number of hydrogen-bond donors (Lipinski definition) is 2. The number of carbonyl (C=O) groups excluding carboxylic acids is 4. The van der Waals surface area contributed by atoms with Gasteiger partial charge in [0.15, 0.2) is 11.6 Å². The van der Waals surface area contributed by atoms with E-state index in [1.165, 1.54) is 12.1 Å². The molecule has 4 aromatic rings. The molecular weight excluding hydrogens is 602 g/mol. The van der Waals surface area contributed by atoms with Crippen molar-refractivity contribution in [2.45, 2.75) is 45.3 Å². The van der Waals surface area contributed by atoms with Gasteiger partial charge in [0, 0.05) is 48.9 Å². The van der Waals surface area contributed by atoms with Crippen LogP contribution in [0.4, 0.5) is 0 Å². The van der Waals surface area contributed by atoms with Gasteiger partial charge in [-0.15, -0.1) is 0 Å². The number of esters is 2. The fourth-order valence-corrected chi connectivity index (χ4v) is 6.33. The van der Waals surface area contributed by atoms with Gasteiger partial charge in [0.1, 0.15) is 11.5 Å². The van der Waals surface area contributed by atoms with Gasteiger partial charge in [-0.05, 0) is 17.8 Å². The summed E-state index contributed by atoms with van der Waals surface area (Å²) in [7, 11) is -2.88. The van der Waals surface area contributed by atoms with E-state index in [2.05, 4.69) is 0 Å². The third-order valence-corrected chi connectivity index (χ3v) is 8.26. The number of rotatable bonds is 8. The number of ether oxygens (including phenoxy) is 2. The summed E-state index contributed by atoms with van der Waals surface area (Å²) in [5, 5.41) is 22.4. The van der Waals surface area contributed by atoms with Crippen LogP contribution >= 0.6 is 0 Å². The Kier molecular flexibility index (Phi) is 8.69. The van der Waals surface area contributed by atoms with E-state index in [1.54, 1.807) is 79.7 Å². The van der Waals surface area contributed by atoms with E-state index in [9.17, 15) is 29.2 Å². The van der Waals surface area contributed by atoms with Gasteiger partial charge in [-0.3, -0.25) is 19.2 Å². The minimum absolute atomic E-state index is 0.0148. The lowest BCUT2D eigenvalue weighted by Crippen LogP contribution is -2.48. The first-order valence-electron chi connectivity index (χ1n) is 15.0. The summed E-state index contributed by atoms with van der Waals surface area (Å²) in [6.07, 6.45) is -1.24. The minimum Gasteiger partial charge on any atom is -0.426 e. The maximum absolute atomic E-state index is 14.1. The molecule has 10 nitrogen and oxygen atoms in total. The van der Waals surface area contributed by atoms with Crippen LogP contribution in [-0.2, 0) is 25.3 Å². The van der Waals surface area contributed by atoms with Gasteiger partial charge in [-0.2, -0.15) is 0 Å². The third-order valence-electron chi connectivity index (χ3n) is 8.26. The first-order chi connectivity index (χ1) is 22.5. The Bertz CT molecular complexity index is 1900. The van der Waals surface area contributed by atoms with E-state index in [-0.39, 0.29) is 57.7 Å². The zero-order valence-corrected chi connectivity index (χ0v) is 25.9. The second kappa shape index (κ2) is 12.7. The molecule has 2 atom stereocenters. The van der Waals surface area contributed by atoms with Crippen molar-refractivity contribution in [3.63, 3.8) is 0 Å². The Labute approximate surface area is 271 Å². The second-order valence-corrected chi connectivity index (χ2v) is 11.8. The zero-order valence-electron chi connectivity index (χ0n) is 25.9. The molecule has 0 aromatic heterocycles. The van der Waals surface area contributed by atoms with Crippen molar-refractivity contribution in [2.75, 3.05) is 0 Å². The van der Waals surface area contributed by atoms with Gasteiger partial charge in [0.25, 0.3) is 0 Å². The summed E-state index contributed by atoms with van der Waals surface area (Å²) in [6, 6.07) is 23.4. The molecule has 0 heterocycles. The molecule has 236 valence electrons. The smallest absolute Gasteiger partial charge is 0.426 e. The van der Waals surface area contributed by atoms with Crippen LogP contribution in [0.15, 0.2) is 84.9 Å². The molecular formula is C35H30B2O10. The molecule has 0 aliphatic heterocycles. The summed E-state index contributed by atoms with van der Waals surface area (Å²) in [5.41, 5.74) is -0.360. The van der Waals surface area contributed by atoms with E-state index in [4.69, 9.17) is 18.8 Å². The molecule has 0 amide bonds. The summed E-state index contributed by atoms with van der Waals surface area (Å²) in [4.78, 5) is 53.5. The Morgan fingerprint density at radius 2 is 1.19 bits per heavy atom. The average Bonchev–Trinajstić information content (AvgIpc) is 3.04. The first-order valence-corrected chi connectivity index (χ1v) is 15.0. The van der Waals surface area contributed by atoms with E-state index < -0.39 is 49.4 Å². The number of ketones is 2. The number of carbonyl (C=O) groups is 4. The van der Waals surface area contributed by atoms with Crippen LogP contribution in [0.3, 0.4) is 0 Å². The van der Waals surface area contributed by atoms with Crippen LogP contribution < -0.4 is 20.4 Å². The highest BCUT2D eigenvalue weighted by atomic mass is 16.6. The Balaban J connectivity index is 1.60. The van der Waals surface area contributed by atoms with Crippen LogP contribution in [-0.4, -0.2) is 53.4 Å². The maximum Gasteiger partial charge on any atom is 0.491 e. The molecule has 0 bridgehead atoms. The molecule has 0 radical (unpaired) electrons. The molecule has 2 aliphatic rings. The highest BCUT2D eigenvalue weighted by molar-refractivity contribution is 6.60. The van der Waals surface area contributed by atoms with Gasteiger partial charge in [-0.25, -0.2) is 0 Å². The van der Waals surface area contributed by atoms with Crippen LogP contribution in [0.2, 0.25) is 0 Å². The second-order valence-electron chi connectivity index (χ2n) is 11.8. The van der Waals surface area contributed by atoms with Crippen molar-refractivity contribution >= 4 is 48.7 Å². The molecule has 0 fully saturated rings. The molecule has 0 saturated carbocycles. The molecule has 0 unspecified atom stereocenters. The van der Waals surface area contributed by atoms with Crippen molar-refractivity contribution in [3.05, 3.63) is 118 Å². The minimum atomic E-state index is -1.49. The molecule has 47 heavy (non-hydrogen) atoms. The molecule has 2 aliphatic carbocycles. The van der Waals surface area contributed by atoms with Crippen molar-refractivity contribution in [3.8, 4) is 11.5 Å². The van der Waals surface area contributed by atoms with Crippen molar-refractivity contribution in [1.29, 1.82) is 0 Å². The molecule has 0 saturated heterocycles. The SMILES string of the molecule is CC(=O)Oc1c2c(c(OC(C)=O)c3c1C(=O)c1ccccc1C3=O)[C@@H](OB(O)c1ccccc1)C[C@@](C)(OB(O)c1ccccc1)C2. The molecule has 12 heteroatoms. The van der Waals surface area contributed by atoms with Crippen LogP contribution in [0.1, 0.15) is 76.3 Å². The molecule has 4 aromatic carbocycles.